The lowest BCUT2D eigenvalue weighted by atomic mass is 9.89. The van der Waals surface area contributed by atoms with Crippen molar-refractivity contribution in [1.82, 2.24) is 4.90 Å². The van der Waals surface area contributed by atoms with Gasteiger partial charge in [0.05, 0.1) is 0 Å². The van der Waals surface area contributed by atoms with E-state index < -0.39 is 0 Å². The van der Waals surface area contributed by atoms with Gasteiger partial charge in [0.15, 0.2) is 0 Å². The molecule has 1 aromatic rings. The fourth-order valence-corrected chi connectivity index (χ4v) is 4.08. The van der Waals surface area contributed by atoms with Crippen LogP contribution in [0.25, 0.3) is 0 Å². The van der Waals surface area contributed by atoms with E-state index >= 15 is 0 Å². The van der Waals surface area contributed by atoms with Crippen molar-refractivity contribution in [2.75, 3.05) is 26.8 Å². The summed E-state index contributed by atoms with van der Waals surface area (Å²) < 4.78 is 6.74. The quantitative estimate of drug-likeness (QED) is 0.921. The summed E-state index contributed by atoms with van der Waals surface area (Å²) in [5.74, 6) is 0. The molecule has 1 aliphatic rings. The van der Waals surface area contributed by atoms with Crippen LogP contribution in [0.4, 0.5) is 0 Å². The van der Waals surface area contributed by atoms with Gasteiger partial charge in [-0.2, -0.15) is 0 Å². The van der Waals surface area contributed by atoms with Gasteiger partial charge in [0, 0.05) is 46.6 Å². The topological polar surface area (TPSA) is 38.5 Å². The molecule has 0 saturated carbocycles. The minimum atomic E-state index is 0.104. The summed E-state index contributed by atoms with van der Waals surface area (Å²) in [5.41, 5.74) is 6.17. The Labute approximate surface area is 121 Å². The molecular weight excluding hydrogens is 312 g/mol. The molecule has 1 fully saturated rings. The Morgan fingerprint density at radius 3 is 3.00 bits per heavy atom. The maximum Gasteiger partial charge on any atom is 0.0484 e. The van der Waals surface area contributed by atoms with E-state index in [0.717, 1.165) is 39.0 Å². The van der Waals surface area contributed by atoms with Gasteiger partial charge in [-0.25, -0.2) is 0 Å². The average molecular weight is 333 g/mol. The molecule has 0 radical (unpaired) electrons. The molecule has 18 heavy (non-hydrogen) atoms. The van der Waals surface area contributed by atoms with Crippen molar-refractivity contribution in [3.05, 3.63) is 20.8 Å². The monoisotopic (exact) mass is 332 g/mol. The van der Waals surface area contributed by atoms with Gasteiger partial charge in [-0.15, -0.1) is 11.3 Å². The van der Waals surface area contributed by atoms with Crippen LogP contribution >= 0.6 is 27.3 Å². The van der Waals surface area contributed by atoms with E-state index in [4.69, 9.17) is 10.5 Å². The Kier molecular flexibility index (Phi) is 5.21. The average Bonchev–Trinajstić information content (AvgIpc) is 2.65. The Hall–Kier alpha value is 0.0600. The van der Waals surface area contributed by atoms with Crippen molar-refractivity contribution < 1.29 is 4.74 Å². The van der Waals surface area contributed by atoms with E-state index in [-0.39, 0.29) is 5.54 Å². The van der Waals surface area contributed by atoms with Crippen molar-refractivity contribution >= 4 is 27.3 Å². The van der Waals surface area contributed by atoms with Crippen LogP contribution in [0.3, 0.4) is 0 Å². The molecule has 1 aliphatic heterocycles. The molecule has 0 bridgehead atoms. The Morgan fingerprint density at radius 2 is 2.33 bits per heavy atom. The standard InChI is InChI=1S/C13H21BrN2OS/c1-16(8-12-7-11(14)9-18-12)13(10-15)3-2-5-17-6-4-13/h7,9H,2-6,8,10,15H2,1H3. The normalized spacial score (nSPS) is 25.3. The first-order valence-corrected chi connectivity index (χ1v) is 8.05. The van der Waals surface area contributed by atoms with E-state index in [1.807, 2.05) is 0 Å². The SMILES string of the molecule is CN(Cc1cc(Br)cs1)C1(CN)CCCOCC1. The second kappa shape index (κ2) is 6.48. The van der Waals surface area contributed by atoms with E-state index in [1.165, 1.54) is 9.35 Å². The lowest BCUT2D eigenvalue weighted by Crippen LogP contribution is -2.51. The first-order valence-electron chi connectivity index (χ1n) is 6.38. The number of ether oxygens (including phenoxy) is 1. The van der Waals surface area contributed by atoms with Crippen LogP contribution in [0, 0.1) is 0 Å². The molecule has 0 spiro atoms. The van der Waals surface area contributed by atoms with Crippen LogP contribution in [-0.2, 0) is 11.3 Å². The molecule has 2 heterocycles. The van der Waals surface area contributed by atoms with Crippen LogP contribution in [0.2, 0.25) is 0 Å². The van der Waals surface area contributed by atoms with Crippen molar-refractivity contribution in [3.63, 3.8) is 0 Å². The van der Waals surface area contributed by atoms with E-state index in [2.05, 4.69) is 39.3 Å². The van der Waals surface area contributed by atoms with Gasteiger partial charge in [-0.3, -0.25) is 4.90 Å². The number of thiophene rings is 1. The second-order valence-corrected chi connectivity index (χ2v) is 6.89. The van der Waals surface area contributed by atoms with Crippen molar-refractivity contribution in [3.8, 4) is 0 Å². The van der Waals surface area contributed by atoms with Crippen molar-refractivity contribution in [1.29, 1.82) is 0 Å². The molecule has 102 valence electrons. The van der Waals surface area contributed by atoms with Gasteiger partial charge in [0.2, 0.25) is 0 Å². The molecule has 0 aromatic carbocycles. The van der Waals surface area contributed by atoms with Gasteiger partial charge >= 0.3 is 0 Å². The zero-order chi connectivity index (χ0) is 13.0. The third-order valence-corrected chi connectivity index (χ3v) is 5.53. The molecule has 0 amide bonds. The highest BCUT2D eigenvalue weighted by Crippen LogP contribution is 2.29. The van der Waals surface area contributed by atoms with Gasteiger partial charge in [0.1, 0.15) is 0 Å². The highest BCUT2D eigenvalue weighted by Gasteiger charge is 2.34. The zero-order valence-electron chi connectivity index (χ0n) is 10.8. The summed E-state index contributed by atoms with van der Waals surface area (Å²) in [7, 11) is 2.19. The smallest absolute Gasteiger partial charge is 0.0484 e. The van der Waals surface area contributed by atoms with E-state index in [0.29, 0.717) is 6.54 Å². The van der Waals surface area contributed by atoms with Gasteiger partial charge < -0.3 is 10.5 Å². The molecule has 3 nitrogen and oxygen atoms in total. The van der Waals surface area contributed by atoms with Crippen LogP contribution in [0.5, 0.6) is 0 Å². The van der Waals surface area contributed by atoms with Gasteiger partial charge in [0.25, 0.3) is 0 Å². The van der Waals surface area contributed by atoms with Crippen LogP contribution < -0.4 is 5.73 Å². The molecular formula is C13H21BrN2OS. The number of halogens is 1. The minimum absolute atomic E-state index is 0.104. The van der Waals surface area contributed by atoms with Gasteiger partial charge in [-0.05, 0) is 48.3 Å². The minimum Gasteiger partial charge on any atom is -0.381 e. The highest BCUT2D eigenvalue weighted by molar-refractivity contribution is 9.10. The Bertz CT molecular complexity index is 375. The summed E-state index contributed by atoms with van der Waals surface area (Å²) in [6.45, 7) is 3.38. The maximum absolute atomic E-state index is 6.06. The third-order valence-electron chi connectivity index (χ3n) is 3.85. The molecule has 1 saturated heterocycles. The summed E-state index contributed by atoms with van der Waals surface area (Å²) in [6.07, 6.45) is 3.27. The summed E-state index contributed by atoms with van der Waals surface area (Å²) in [4.78, 5) is 3.79. The molecule has 1 unspecified atom stereocenters. The molecule has 5 heteroatoms. The fraction of sp³-hybridized carbons (Fsp3) is 0.692. The van der Waals surface area contributed by atoms with Crippen LogP contribution in [0.15, 0.2) is 15.9 Å². The van der Waals surface area contributed by atoms with Crippen molar-refractivity contribution in [2.24, 2.45) is 5.73 Å². The van der Waals surface area contributed by atoms with E-state index in [1.54, 1.807) is 11.3 Å². The number of rotatable bonds is 4. The number of likely N-dealkylation sites (N-methyl/N-ethyl adjacent to an activating group) is 1. The number of nitrogens with two attached hydrogens (primary N) is 1. The highest BCUT2D eigenvalue weighted by atomic mass is 79.9. The fourth-order valence-electron chi connectivity index (χ4n) is 2.57. The first kappa shape index (κ1) is 14.5. The van der Waals surface area contributed by atoms with Crippen LogP contribution in [0.1, 0.15) is 24.1 Å². The molecule has 0 aliphatic carbocycles. The number of nitrogens with zero attached hydrogens (tertiary/aromatic N) is 1. The third kappa shape index (κ3) is 3.33. The predicted molar refractivity (Wildman–Crippen MR) is 79.9 cm³/mol. The Balaban J connectivity index is 2.06. The van der Waals surface area contributed by atoms with Gasteiger partial charge in [-0.1, -0.05) is 0 Å². The largest absolute Gasteiger partial charge is 0.381 e. The molecule has 1 aromatic heterocycles. The zero-order valence-corrected chi connectivity index (χ0v) is 13.2. The maximum atomic E-state index is 6.06. The molecule has 2 rings (SSSR count). The summed E-state index contributed by atoms with van der Waals surface area (Å²) in [6, 6.07) is 2.19. The summed E-state index contributed by atoms with van der Waals surface area (Å²) >= 11 is 5.30. The summed E-state index contributed by atoms with van der Waals surface area (Å²) in [5, 5.41) is 2.13. The first-order chi connectivity index (χ1) is 8.66. The number of hydrogen-bond acceptors (Lipinski definition) is 4. The lowest BCUT2D eigenvalue weighted by molar-refractivity contribution is 0.0843. The molecule has 2 N–H and O–H groups in total. The Morgan fingerprint density at radius 1 is 1.50 bits per heavy atom. The number of hydrogen-bond donors (Lipinski definition) is 1. The lowest BCUT2D eigenvalue weighted by Gasteiger charge is -2.40. The van der Waals surface area contributed by atoms with Crippen LogP contribution in [-0.4, -0.2) is 37.2 Å². The van der Waals surface area contributed by atoms with E-state index in [9.17, 15) is 0 Å². The second-order valence-electron chi connectivity index (χ2n) is 4.98. The molecule has 1 atom stereocenters. The van der Waals surface area contributed by atoms with Crippen molar-refractivity contribution in [2.45, 2.75) is 31.3 Å². The predicted octanol–water partition coefficient (Wildman–Crippen LogP) is 2.84.